The molecule has 18 heavy (non-hydrogen) atoms. The highest BCUT2D eigenvalue weighted by Gasteiger charge is 2.19. The van der Waals surface area contributed by atoms with Gasteiger partial charge in [-0.15, -0.1) is 0 Å². The van der Waals surface area contributed by atoms with Crippen molar-refractivity contribution in [1.29, 1.82) is 0 Å². The highest BCUT2D eigenvalue weighted by atomic mass is 19.1. The molecule has 5 heteroatoms. The van der Waals surface area contributed by atoms with Crippen LogP contribution in [0, 0.1) is 5.82 Å². The maximum atomic E-state index is 13.2. The lowest BCUT2D eigenvalue weighted by Gasteiger charge is -2.24. The van der Waals surface area contributed by atoms with Crippen molar-refractivity contribution in [1.82, 2.24) is 5.32 Å². The highest BCUT2D eigenvalue weighted by molar-refractivity contribution is 5.94. The van der Waals surface area contributed by atoms with Gasteiger partial charge >= 0.3 is 0 Å². The normalized spacial score (nSPS) is 11.3. The Morgan fingerprint density at radius 1 is 1.50 bits per heavy atom. The number of carbonyl (C=O) groups excluding carboxylic acids is 1. The Hall–Kier alpha value is -1.62. The number of hydrogen-bond donors (Lipinski definition) is 2. The molecule has 1 rings (SSSR count). The molecule has 4 nitrogen and oxygen atoms in total. The van der Waals surface area contributed by atoms with Gasteiger partial charge in [0.05, 0.1) is 11.3 Å². The van der Waals surface area contributed by atoms with Crippen molar-refractivity contribution in [2.45, 2.75) is 26.4 Å². The molecule has 0 aliphatic heterocycles. The number of hydrogen-bond acceptors (Lipinski definition) is 3. The van der Waals surface area contributed by atoms with Crippen LogP contribution in [0.15, 0.2) is 18.2 Å². The van der Waals surface area contributed by atoms with Crippen LogP contribution in [0.1, 0.15) is 31.1 Å². The standard InChI is InChI=1S/C13H19FN2O2/c1-4-18-13(2,3)8-16-12(17)9-5-6-11(15)10(14)7-9/h5-7H,4,8,15H2,1-3H3,(H,16,17). The van der Waals surface area contributed by atoms with Crippen LogP contribution in [0.2, 0.25) is 0 Å². The van der Waals surface area contributed by atoms with E-state index in [0.717, 1.165) is 6.07 Å². The molecule has 0 aliphatic rings. The topological polar surface area (TPSA) is 64.3 Å². The Bertz CT molecular complexity index is 433. The molecule has 0 spiro atoms. The molecular weight excluding hydrogens is 235 g/mol. The molecule has 1 aromatic carbocycles. The van der Waals surface area contributed by atoms with E-state index in [1.807, 2.05) is 20.8 Å². The zero-order valence-corrected chi connectivity index (χ0v) is 10.9. The largest absolute Gasteiger partial charge is 0.396 e. The minimum Gasteiger partial charge on any atom is -0.396 e. The Labute approximate surface area is 106 Å². The summed E-state index contributed by atoms with van der Waals surface area (Å²) in [5.74, 6) is -0.937. The molecule has 0 fully saturated rings. The number of benzene rings is 1. The predicted molar refractivity (Wildman–Crippen MR) is 68.9 cm³/mol. The van der Waals surface area contributed by atoms with Crippen LogP contribution < -0.4 is 11.1 Å². The SMILES string of the molecule is CCOC(C)(C)CNC(=O)c1ccc(N)c(F)c1. The second-order valence-electron chi connectivity index (χ2n) is 4.61. The molecule has 1 aromatic rings. The minimum atomic E-state index is -0.591. The first-order valence-electron chi connectivity index (χ1n) is 5.83. The fraction of sp³-hybridized carbons (Fsp3) is 0.462. The van der Waals surface area contributed by atoms with E-state index in [1.165, 1.54) is 12.1 Å². The molecule has 0 aliphatic carbocycles. The molecule has 0 aromatic heterocycles. The van der Waals surface area contributed by atoms with Crippen LogP contribution >= 0.6 is 0 Å². The third-order valence-corrected chi connectivity index (χ3v) is 2.47. The molecule has 0 unspecified atom stereocenters. The van der Waals surface area contributed by atoms with E-state index >= 15 is 0 Å². The number of nitrogens with two attached hydrogens (primary N) is 1. The van der Waals surface area contributed by atoms with E-state index in [4.69, 9.17) is 10.5 Å². The zero-order chi connectivity index (χ0) is 13.8. The number of rotatable bonds is 5. The van der Waals surface area contributed by atoms with Crippen LogP contribution in [0.4, 0.5) is 10.1 Å². The number of halogens is 1. The van der Waals surface area contributed by atoms with E-state index in [9.17, 15) is 9.18 Å². The number of carbonyl (C=O) groups is 1. The monoisotopic (exact) mass is 254 g/mol. The second-order valence-corrected chi connectivity index (χ2v) is 4.61. The predicted octanol–water partition coefficient (Wildman–Crippen LogP) is 1.95. The summed E-state index contributed by atoms with van der Waals surface area (Å²) in [6.45, 7) is 6.56. The first-order chi connectivity index (χ1) is 8.35. The molecule has 0 radical (unpaired) electrons. The van der Waals surface area contributed by atoms with Crippen molar-refractivity contribution in [3.05, 3.63) is 29.6 Å². The quantitative estimate of drug-likeness (QED) is 0.789. The van der Waals surface area contributed by atoms with Gasteiger partial charge in [-0.2, -0.15) is 0 Å². The molecule has 0 heterocycles. The second kappa shape index (κ2) is 5.82. The summed E-state index contributed by atoms with van der Waals surface area (Å²) in [5, 5.41) is 2.70. The third-order valence-electron chi connectivity index (χ3n) is 2.47. The van der Waals surface area contributed by atoms with Crippen LogP contribution in [-0.4, -0.2) is 24.7 Å². The Morgan fingerprint density at radius 2 is 2.17 bits per heavy atom. The lowest BCUT2D eigenvalue weighted by Crippen LogP contribution is -2.40. The van der Waals surface area contributed by atoms with Gasteiger partial charge < -0.3 is 15.8 Å². The van der Waals surface area contributed by atoms with Crippen molar-refractivity contribution >= 4 is 11.6 Å². The van der Waals surface area contributed by atoms with Gasteiger partial charge in [0.2, 0.25) is 0 Å². The molecule has 3 N–H and O–H groups in total. The van der Waals surface area contributed by atoms with Crippen LogP contribution in [0.25, 0.3) is 0 Å². The number of nitrogen functional groups attached to an aromatic ring is 1. The van der Waals surface area contributed by atoms with Crippen molar-refractivity contribution in [3.63, 3.8) is 0 Å². The Kier molecular flexibility index (Phi) is 4.67. The van der Waals surface area contributed by atoms with E-state index < -0.39 is 11.4 Å². The summed E-state index contributed by atoms with van der Waals surface area (Å²) in [6.07, 6.45) is 0. The van der Waals surface area contributed by atoms with Crippen molar-refractivity contribution in [2.24, 2.45) is 0 Å². The highest BCUT2D eigenvalue weighted by Crippen LogP contribution is 2.12. The van der Waals surface area contributed by atoms with E-state index in [-0.39, 0.29) is 17.2 Å². The van der Waals surface area contributed by atoms with E-state index in [0.29, 0.717) is 13.2 Å². The molecule has 0 saturated carbocycles. The van der Waals surface area contributed by atoms with Crippen molar-refractivity contribution in [3.8, 4) is 0 Å². The number of anilines is 1. The molecule has 100 valence electrons. The fourth-order valence-corrected chi connectivity index (χ4v) is 1.51. The van der Waals surface area contributed by atoms with Crippen molar-refractivity contribution < 1.29 is 13.9 Å². The van der Waals surface area contributed by atoms with Gasteiger partial charge in [0.15, 0.2) is 0 Å². The molecule has 0 saturated heterocycles. The van der Waals surface area contributed by atoms with Crippen LogP contribution in [-0.2, 0) is 4.74 Å². The molecule has 0 atom stereocenters. The number of ether oxygens (including phenoxy) is 1. The molecule has 1 amide bonds. The molecular formula is C13H19FN2O2. The average Bonchev–Trinajstić information content (AvgIpc) is 2.30. The van der Waals surface area contributed by atoms with E-state index in [2.05, 4.69) is 5.32 Å². The van der Waals surface area contributed by atoms with E-state index in [1.54, 1.807) is 0 Å². The summed E-state index contributed by atoms with van der Waals surface area (Å²) in [4.78, 5) is 11.8. The lowest BCUT2D eigenvalue weighted by molar-refractivity contribution is -0.00815. The number of amides is 1. The Balaban J connectivity index is 2.63. The number of nitrogens with one attached hydrogen (secondary N) is 1. The zero-order valence-electron chi connectivity index (χ0n) is 10.9. The smallest absolute Gasteiger partial charge is 0.251 e. The summed E-state index contributed by atoms with van der Waals surface area (Å²) in [5.41, 5.74) is 5.17. The third kappa shape index (κ3) is 4.00. The summed E-state index contributed by atoms with van der Waals surface area (Å²) < 4.78 is 18.7. The van der Waals surface area contributed by atoms with Gasteiger partial charge in [-0.3, -0.25) is 4.79 Å². The average molecular weight is 254 g/mol. The van der Waals surface area contributed by atoms with Gasteiger partial charge in [0, 0.05) is 18.7 Å². The van der Waals surface area contributed by atoms with Gasteiger partial charge in [-0.25, -0.2) is 4.39 Å². The van der Waals surface area contributed by atoms with Crippen molar-refractivity contribution in [2.75, 3.05) is 18.9 Å². The first-order valence-corrected chi connectivity index (χ1v) is 5.83. The maximum Gasteiger partial charge on any atom is 0.251 e. The summed E-state index contributed by atoms with van der Waals surface area (Å²) in [7, 11) is 0. The van der Waals surface area contributed by atoms with Crippen LogP contribution in [0.5, 0.6) is 0 Å². The maximum absolute atomic E-state index is 13.2. The summed E-state index contributed by atoms with van der Waals surface area (Å²) in [6, 6.07) is 3.98. The van der Waals surface area contributed by atoms with Gasteiger partial charge in [0.25, 0.3) is 5.91 Å². The van der Waals surface area contributed by atoms with Gasteiger partial charge in [0.1, 0.15) is 5.82 Å². The first kappa shape index (κ1) is 14.4. The van der Waals surface area contributed by atoms with Crippen LogP contribution in [0.3, 0.4) is 0 Å². The summed E-state index contributed by atoms with van der Waals surface area (Å²) >= 11 is 0. The Morgan fingerprint density at radius 3 is 2.72 bits per heavy atom. The van der Waals surface area contributed by atoms with Gasteiger partial charge in [-0.05, 0) is 39.0 Å². The minimum absolute atomic E-state index is 0.0289. The lowest BCUT2D eigenvalue weighted by atomic mass is 10.1. The fourth-order valence-electron chi connectivity index (χ4n) is 1.51. The molecule has 0 bridgehead atoms. The van der Waals surface area contributed by atoms with Gasteiger partial charge in [-0.1, -0.05) is 0 Å².